The Morgan fingerprint density at radius 3 is 2.27 bits per heavy atom. The largest absolute Gasteiger partial charge is 0.493 e. The molecule has 6 rings (SSSR count). The van der Waals surface area contributed by atoms with Gasteiger partial charge in [0.2, 0.25) is 11.8 Å². The van der Waals surface area contributed by atoms with E-state index in [1.807, 2.05) is 46.4 Å². The molecule has 2 amide bonds. The van der Waals surface area contributed by atoms with Crippen molar-refractivity contribution in [3.8, 4) is 11.5 Å². The summed E-state index contributed by atoms with van der Waals surface area (Å²) in [5.74, 6) is 3.65. The van der Waals surface area contributed by atoms with Gasteiger partial charge in [-0.25, -0.2) is 0 Å². The van der Waals surface area contributed by atoms with Crippen LogP contribution >= 0.6 is 11.3 Å². The van der Waals surface area contributed by atoms with Crippen LogP contribution in [0.1, 0.15) is 62.3 Å². The SMILES string of the molecule is CCOCCCN(CC(=O)N(CCc1ccc(OC)c(OC)c1)Cc1cccs1)C(=O)C12CC3CC(CC(C3)C1)C2. The van der Waals surface area contributed by atoms with E-state index in [1.54, 1.807) is 25.6 Å². The molecule has 0 unspecified atom stereocenters. The summed E-state index contributed by atoms with van der Waals surface area (Å²) >= 11 is 1.66. The smallest absolute Gasteiger partial charge is 0.242 e. The number of benzene rings is 1. The molecule has 0 spiro atoms. The van der Waals surface area contributed by atoms with Crippen LogP contribution in [0.2, 0.25) is 0 Å². The van der Waals surface area contributed by atoms with E-state index in [9.17, 15) is 9.59 Å². The molecule has 1 aromatic heterocycles. The van der Waals surface area contributed by atoms with Gasteiger partial charge in [-0.3, -0.25) is 9.59 Å². The van der Waals surface area contributed by atoms with E-state index in [0.29, 0.717) is 68.5 Å². The molecule has 1 heterocycles. The Balaban J connectivity index is 1.31. The molecule has 0 radical (unpaired) electrons. The van der Waals surface area contributed by atoms with Crippen LogP contribution in [0.25, 0.3) is 0 Å². The summed E-state index contributed by atoms with van der Waals surface area (Å²) in [5.41, 5.74) is 0.809. The standard InChI is InChI=1S/C33H46N2O5S/c1-4-40-13-6-11-35(32(37)33-19-25-15-26(20-33)17-27(16-25)21-33)23-31(36)34(22-28-7-5-14-41-28)12-10-24-8-9-29(38-2)30(18-24)39-3/h5,7-9,14,18,25-27H,4,6,10-13,15-17,19-23H2,1-3H3. The molecule has 224 valence electrons. The van der Waals surface area contributed by atoms with Gasteiger partial charge < -0.3 is 24.0 Å². The molecule has 4 saturated carbocycles. The number of rotatable bonds is 15. The third-order valence-corrected chi connectivity index (χ3v) is 10.3. The topological polar surface area (TPSA) is 68.3 Å². The van der Waals surface area contributed by atoms with E-state index in [4.69, 9.17) is 14.2 Å². The lowest BCUT2D eigenvalue weighted by atomic mass is 9.49. The minimum atomic E-state index is -0.265. The maximum Gasteiger partial charge on any atom is 0.242 e. The van der Waals surface area contributed by atoms with Crippen LogP contribution in [0.4, 0.5) is 0 Å². The fourth-order valence-corrected chi connectivity index (χ4v) is 8.63. The van der Waals surface area contributed by atoms with Crippen molar-refractivity contribution in [2.24, 2.45) is 23.2 Å². The predicted molar refractivity (Wildman–Crippen MR) is 161 cm³/mol. The van der Waals surface area contributed by atoms with Gasteiger partial charge in [0.15, 0.2) is 11.5 Å². The van der Waals surface area contributed by atoms with Crippen molar-refractivity contribution in [3.05, 3.63) is 46.2 Å². The minimum absolute atomic E-state index is 0.00775. The first-order valence-corrected chi connectivity index (χ1v) is 16.2. The van der Waals surface area contributed by atoms with Crippen molar-refractivity contribution in [1.82, 2.24) is 9.80 Å². The number of thiophene rings is 1. The molecule has 0 atom stereocenters. The molecular formula is C33H46N2O5S. The third-order valence-electron chi connectivity index (χ3n) is 9.42. The van der Waals surface area contributed by atoms with Crippen molar-refractivity contribution in [1.29, 1.82) is 0 Å². The zero-order valence-electron chi connectivity index (χ0n) is 24.9. The first-order valence-electron chi connectivity index (χ1n) is 15.3. The summed E-state index contributed by atoms with van der Waals surface area (Å²) in [6, 6.07) is 9.99. The highest BCUT2D eigenvalue weighted by atomic mass is 32.1. The molecular weight excluding hydrogens is 536 g/mol. The predicted octanol–water partition coefficient (Wildman–Crippen LogP) is 5.81. The number of amides is 2. The number of ether oxygens (including phenoxy) is 3. The maximum absolute atomic E-state index is 14.3. The van der Waals surface area contributed by atoms with Crippen molar-refractivity contribution in [2.75, 3.05) is 47.1 Å². The molecule has 4 aliphatic carbocycles. The zero-order valence-corrected chi connectivity index (χ0v) is 25.8. The van der Waals surface area contributed by atoms with Crippen LogP contribution in [0.3, 0.4) is 0 Å². The average Bonchev–Trinajstić information content (AvgIpc) is 3.48. The summed E-state index contributed by atoms with van der Waals surface area (Å²) < 4.78 is 16.5. The monoisotopic (exact) mass is 582 g/mol. The molecule has 0 saturated heterocycles. The average molecular weight is 583 g/mol. The second-order valence-electron chi connectivity index (χ2n) is 12.3. The maximum atomic E-state index is 14.3. The minimum Gasteiger partial charge on any atom is -0.493 e. The highest BCUT2D eigenvalue weighted by Gasteiger charge is 2.55. The number of carbonyl (C=O) groups excluding carboxylic acids is 2. The highest BCUT2D eigenvalue weighted by molar-refractivity contribution is 7.09. The number of hydrogen-bond donors (Lipinski definition) is 0. The van der Waals surface area contributed by atoms with Crippen LogP contribution < -0.4 is 9.47 Å². The van der Waals surface area contributed by atoms with Gasteiger partial charge >= 0.3 is 0 Å². The Bertz CT molecular complexity index is 1130. The zero-order chi connectivity index (χ0) is 28.8. The first kappa shape index (κ1) is 29.9. The van der Waals surface area contributed by atoms with Gasteiger partial charge in [0, 0.05) is 31.2 Å². The van der Waals surface area contributed by atoms with Crippen molar-refractivity contribution in [3.63, 3.8) is 0 Å². The van der Waals surface area contributed by atoms with Gasteiger partial charge in [0.05, 0.1) is 32.7 Å². The Kier molecular flexibility index (Phi) is 9.91. The molecule has 2 aromatic rings. The van der Waals surface area contributed by atoms with Crippen LogP contribution in [0.5, 0.6) is 11.5 Å². The van der Waals surface area contributed by atoms with Crippen molar-refractivity contribution < 1.29 is 23.8 Å². The first-order chi connectivity index (χ1) is 19.9. The Labute approximate surface area is 249 Å². The Morgan fingerprint density at radius 1 is 0.951 bits per heavy atom. The fraction of sp³-hybridized carbons (Fsp3) is 0.636. The second-order valence-corrected chi connectivity index (χ2v) is 13.3. The van der Waals surface area contributed by atoms with Gasteiger partial charge in [0.1, 0.15) is 0 Å². The molecule has 1 aromatic carbocycles. The van der Waals surface area contributed by atoms with Gasteiger partial charge in [-0.1, -0.05) is 12.1 Å². The molecule has 0 N–H and O–H groups in total. The van der Waals surface area contributed by atoms with Crippen LogP contribution in [-0.4, -0.2) is 68.7 Å². The van der Waals surface area contributed by atoms with Crippen molar-refractivity contribution >= 4 is 23.2 Å². The fourth-order valence-electron chi connectivity index (χ4n) is 7.91. The highest BCUT2D eigenvalue weighted by Crippen LogP contribution is 2.60. The molecule has 4 bridgehead atoms. The van der Waals surface area contributed by atoms with E-state index < -0.39 is 0 Å². The van der Waals surface area contributed by atoms with Gasteiger partial charge in [-0.2, -0.15) is 0 Å². The Morgan fingerprint density at radius 2 is 1.66 bits per heavy atom. The lowest BCUT2D eigenvalue weighted by Gasteiger charge is -2.56. The number of carbonyl (C=O) groups is 2. The number of hydrogen-bond acceptors (Lipinski definition) is 6. The summed E-state index contributed by atoms with van der Waals surface area (Å²) in [6.07, 6.45) is 8.33. The molecule has 0 aliphatic heterocycles. The van der Waals surface area contributed by atoms with E-state index in [-0.39, 0.29) is 23.8 Å². The van der Waals surface area contributed by atoms with E-state index in [0.717, 1.165) is 36.1 Å². The summed E-state index contributed by atoms with van der Waals surface area (Å²) in [5, 5.41) is 2.04. The second kappa shape index (κ2) is 13.6. The molecule has 8 heteroatoms. The van der Waals surface area contributed by atoms with Gasteiger partial charge in [-0.15, -0.1) is 11.3 Å². The molecule has 4 fully saturated rings. The quantitative estimate of drug-likeness (QED) is 0.248. The van der Waals surface area contributed by atoms with Crippen LogP contribution in [0, 0.1) is 23.2 Å². The summed E-state index contributed by atoms with van der Waals surface area (Å²) in [4.78, 5) is 33.3. The number of methoxy groups -OCH3 is 2. The normalized spacial score (nSPS) is 24.3. The molecule has 41 heavy (non-hydrogen) atoms. The van der Waals surface area contributed by atoms with E-state index in [2.05, 4.69) is 6.07 Å². The van der Waals surface area contributed by atoms with E-state index in [1.165, 1.54) is 19.3 Å². The van der Waals surface area contributed by atoms with E-state index >= 15 is 0 Å². The number of nitrogens with zero attached hydrogens (tertiary/aromatic N) is 2. The van der Waals surface area contributed by atoms with Crippen LogP contribution in [0.15, 0.2) is 35.7 Å². The van der Waals surface area contributed by atoms with Crippen LogP contribution in [-0.2, 0) is 27.3 Å². The third kappa shape index (κ3) is 7.08. The summed E-state index contributed by atoms with van der Waals surface area (Å²) in [6.45, 7) is 5.05. The van der Waals surface area contributed by atoms with Gasteiger partial charge in [0.25, 0.3) is 0 Å². The van der Waals surface area contributed by atoms with Crippen molar-refractivity contribution in [2.45, 2.75) is 64.8 Å². The molecule has 7 nitrogen and oxygen atoms in total. The lowest BCUT2D eigenvalue weighted by Crippen LogP contribution is -2.56. The van der Waals surface area contributed by atoms with Gasteiger partial charge in [-0.05, 0) is 105 Å². The summed E-state index contributed by atoms with van der Waals surface area (Å²) in [7, 11) is 3.26. The molecule has 4 aliphatic rings. The Hall–Kier alpha value is -2.58. The lowest BCUT2D eigenvalue weighted by molar-refractivity contribution is -0.160.